The first-order valence-corrected chi connectivity index (χ1v) is 9.80. The molecule has 2 N–H and O–H groups in total. The molecule has 0 aromatic heterocycles. The Hall–Kier alpha value is -1.48. The van der Waals surface area contributed by atoms with E-state index in [0.29, 0.717) is 13.2 Å². The number of hydrogen-bond donors (Lipinski definition) is 2. The van der Waals surface area contributed by atoms with Gasteiger partial charge in [0.2, 0.25) is 0 Å². The van der Waals surface area contributed by atoms with Gasteiger partial charge in [0.15, 0.2) is 17.5 Å². The van der Waals surface area contributed by atoms with Crippen molar-refractivity contribution in [3.05, 3.63) is 35.4 Å². The number of aliphatic imine (C=N–C) groups is 1. The molecule has 28 heavy (non-hydrogen) atoms. The Kier molecular flexibility index (Phi) is 12.0. The summed E-state index contributed by atoms with van der Waals surface area (Å²) in [7, 11) is 1.79. The molecule has 0 saturated carbocycles. The lowest BCUT2D eigenvalue weighted by atomic mass is 10.1. The quantitative estimate of drug-likeness (QED) is 0.230. The Morgan fingerprint density at radius 3 is 2.61 bits per heavy atom. The molecule has 2 rings (SSSR count). The number of guanidine groups is 1. The van der Waals surface area contributed by atoms with Crippen LogP contribution in [0.25, 0.3) is 0 Å². The SMILES string of the molecule is CCOc1ccc(C(C)NC(=NC)NCCC2=CCOCC2)cc1OCC.I. The van der Waals surface area contributed by atoms with Crippen LogP contribution in [0.1, 0.15) is 45.2 Å². The molecule has 1 aliphatic heterocycles. The van der Waals surface area contributed by atoms with Crippen LogP contribution in [0.2, 0.25) is 0 Å². The molecule has 0 radical (unpaired) electrons. The number of benzene rings is 1. The van der Waals surface area contributed by atoms with E-state index < -0.39 is 0 Å². The van der Waals surface area contributed by atoms with E-state index in [1.807, 2.05) is 26.0 Å². The van der Waals surface area contributed by atoms with E-state index in [-0.39, 0.29) is 30.0 Å². The zero-order valence-corrected chi connectivity index (χ0v) is 19.7. The maximum absolute atomic E-state index is 5.73. The van der Waals surface area contributed by atoms with Crippen LogP contribution in [0.15, 0.2) is 34.8 Å². The molecule has 1 aromatic rings. The van der Waals surface area contributed by atoms with Gasteiger partial charge in [0.1, 0.15) is 0 Å². The Morgan fingerprint density at radius 1 is 1.21 bits per heavy atom. The zero-order valence-electron chi connectivity index (χ0n) is 17.4. The van der Waals surface area contributed by atoms with Crippen LogP contribution in [0.5, 0.6) is 11.5 Å². The lowest BCUT2D eigenvalue weighted by Gasteiger charge is -2.20. The van der Waals surface area contributed by atoms with E-state index in [1.165, 1.54) is 5.57 Å². The number of halogens is 1. The van der Waals surface area contributed by atoms with Crippen molar-refractivity contribution >= 4 is 29.9 Å². The van der Waals surface area contributed by atoms with Crippen molar-refractivity contribution < 1.29 is 14.2 Å². The van der Waals surface area contributed by atoms with Crippen LogP contribution in [0.3, 0.4) is 0 Å². The van der Waals surface area contributed by atoms with Gasteiger partial charge in [-0.05, 0) is 51.3 Å². The zero-order chi connectivity index (χ0) is 19.5. The number of rotatable bonds is 9. The first-order chi connectivity index (χ1) is 13.2. The summed E-state index contributed by atoms with van der Waals surface area (Å²) in [6.07, 6.45) is 4.21. The summed E-state index contributed by atoms with van der Waals surface area (Å²) in [6.45, 7) is 9.70. The molecule has 1 aliphatic rings. The van der Waals surface area contributed by atoms with Gasteiger partial charge in [0.25, 0.3) is 0 Å². The molecule has 0 saturated heterocycles. The highest BCUT2D eigenvalue weighted by Gasteiger charge is 2.12. The molecule has 1 atom stereocenters. The van der Waals surface area contributed by atoms with Crippen LogP contribution < -0.4 is 20.1 Å². The second-order valence-electron chi connectivity index (χ2n) is 6.37. The Labute approximate surface area is 186 Å². The fourth-order valence-corrected chi connectivity index (χ4v) is 2.95. The van der Waals surface area contributed by atoms with Gasteiger partial charge in [-0.1, -0.05) is 17.7 Å². The fourth-order valence-electron chi connectivity index (χ4n) is 2.95. The highest BCUT2D eigenvalue weighted by Crippen LogP contribution is 2.30. The molecule has 0 amide bonds. The number of hydrogen-bond acceptors (Lipinski definition) is 4. The van der Waals surface area contributed by atoms with E-state index >= 15 is 0 Å². The molecule has 158 valence electrons. The maximum Gasteiger partial charge on any atom is 0.191 e. The summed E-state index contributed by atoms with van der Waals surface area (Å²) in [5.74, 6) is 2.35. The third kappa shape index (κ3) is 7.87. The lowest BCUT2D eigenvalue weighted by molar-refractivity contribution is 0.153. The van der Waals surface area contributed by atoms with Gasteiger partial charge in [0, 0.05) is 13.6 Å². The summed E-state index contributed by atoms with van der Waals surface area (Å²) in [4.78, 5) is 4.34. The normalized spacial score (nSPS) is 15.1. The van der Waals surface area contributed by atoms with Crippen LogP contribution in [-0.2, 0) is 4.74 Å². The van der Waals surface area contributed by atoms with Crippen LogP contribution in [0.4, 0.5) is 0 Å². The van der Waals surface area contributed by atoms with Crippen LogP contribution in [0, 0.1) is 0 Å². The summed E-state index contributed by atoms with van der Waals surface area (Å²) in [6, 6.07) is 6.15. The van der Waals surface area contributed by atoms with Crippen molar-refractivity contribution in [3.63, 3.8) is 0 Å². The van der Waals surface area contributed by atoms with Gasteiger partial charge < -0.3 is 24.8 Å². The molecule has 1 unspecified atom stereocenters. The van der Waals surface area contributed by atoms with E-state index in [2.05, 4.69) is 34.7 Å². The standard InChI is InChI=1S/C21H33N3O3.HI/c1-5-26-19-8-7-18(15-20(19)27-6-2)16(3)24-21(22-4)23-12-9-17-10-13-25-14-11-17;/h7-8,10,15-16H,5-6,9,11-14H2,1-4H3,(H2,22,23,24);1H. The van der Waals surface area contributed by atoms with Crippen LogP contribution in [-0.4, -0.2) is 46.0 Å². The van der Waals surface area contributed by atoms with Gasteiger partial charge in [0.05, 0.1) is 32.5 Å². The van der Waals surface area contributed by atoms with Gasteiger partial charge in [-0.2, -0.15) is 0 Å². The highest BCUT2D eigenvalue weighted by molar-refractivity contribution is 14.0. The fraction of sp³-hybridized carbons (Fsp3) is 0.571. The van der Waals surface area contributed by atoms with Gasteiger partial charge in [-0.3, -0.25) is 4.99 Å². The summed E-state index contributed by atoms with van der Waals surface area (Å²) in [5, 5.41) is 6.83. The Morgan fingerprint density at radius 2 is 1.96 bits per heavy atom. The van der Waals surface area contributed by atoms with Crippen molar-refractivity contribution in [2.45, 2.75) is 39.7 Å². The van der Waals surface area contributed by atoms with E-state index in [9.17, 15) is 0 Å². The summed E-state index contributed by atoms with van der Waals surface area (Å²) >= 11 is 0. The molecule has 0 aliphatic carbocycles. The summed E-state index contributed by atoms with van der Waals surface area (Å²) in [5.41, 5.74) is 2.57. The van der Waals surface area contributed by atoms with Crippen molar-refractivity contribution in [1.29, 1.82) is 0 Å². The van der Waals surface area contributed by atoms with Gasteiger partial charge in [-0.15, -0.1) is 24.0 Å². The second-order valence-corrected chi connectivity index (χ2v) is 6.37. The predicted molar refractivity (Wildman–Crippen MR) is 125 cm³/mol. The average Bonchev–Trinajstić information content (AvgIpc) is 2.69. The molecule has 0 bridgehead atoms. The minimum atomic E-state index is 0. The molecular weight excluding hydrogens is 469 g/mol. The minimum absolute atomic E-state index is 0. The second kappa shape index (κ2) is 13.7. The van der Waals surface area contributed by atoms with Crippen molar-refractivity contribution in [2.24, 2.45) is 4.99 Å². The monoisotopic (exact) mass is 503 g/mol. The largest absolute Gasteiger partial charge is 0.490 e. The molecule has 6 nitrogen and oxygen atoms in total. The van der Waals surface area contributed by atoms with Crippen molar-refractivity contribution in [2.75, 3.05) is 40.0 Å². The molecule has 1 heterocycles. The molecule has 1 aromatic carbocycles. The predicted octanol–water partition coefficient (Wildman–Crippen LogP) is 4.06. The molecule has 7 heteroatoms. The first-order valence-electron chi connectivity index (χ1n) is 9.80. The third-order valence-corrected chi connectivity index (χ3v) is 4.44. The first kappa shape index (κ1) is 24.6. The summed E-state index contributed by atoms with van der Waals surface area (Å²) < 4.78 is 16.7. The topological polar surface area (TPSA) is 64.1 Å². The number of nitrogens with one attached hydrogen (secondary N) is 2. The maximum atomic E-state index is 5.73. The van der Waals surface area contributed by atoms with E-state index in [0.717, 1.165) is 55.6 Å². The number of nitrogens with zero attached hydrogens (tertiary/aromatic N) is 1. The van der Waals surface area contributed by atoms with Crippen molar-refractivity contribution in [3.8, 4) is 11.5 Å². The lowest BCUT2D eigenvalue weighted by Crippen LogP contribution is -2.39. The Bertz CT molecular complexity index is 650. The molecule has 0 fully saturated rings. The van der Waals surface area contributed by atoms with E-state index in [1.54, 1.807) is 7.05 Å². The van der Waals surface area contributed by atoms with Gasteiger partial charge in [-0.25, -0.2) is 0 Å². The third-order valence-electron chi connectivity index (χ3n) is 4.44. The Balaban J connectivity index is 0.00000392. The minimum Gasteiger partial charge on any atom is -0.490 e. The average molecular weight is 503 g/mol. The molecular formula is C21H34IN3O3. The smallest absolute Gasteiger partial charge is 0.191 e. The van der Waals surface area contributed by atoms with Crippen LogP contribution >= 0.6 is 24.0 Å². The van der Waals surface area contributed by atoms with Gasteiger partial charge >= 0.3 is 0 Å². The van der Waals surface area contributed by atoms with Crippen molar-refractivity contribution in [1.82, 2.24) is 10.6 Å². The highest BCUT2D eigenvalue weighted by atomic mass is 127. The number of ether oxygens (including phenoxy) is 3. The molecule has 0 spiro atoms. The van der Waals surface area contributed by atoms with E-state index in [4.69, 9.17) is 14.2 Å².